The van der Waals surface area contributed by atoms with Gasteiger partial charge < -0.3 is 14.6 Å². The smallest absolute Gasteiger partial charge is 0.161 e. The number of methoxy groups -OCH3 is 2. The summed E-state index contributed by atoms with van der Waals surface area (Å²) in [6.07, 6.45) is 1.52. The molecular weight excluding hydrogens is 264 g/mol. The van der Waals surface area contributed by atoms with Crippen LogP contribution >= 0.6 is 0 Å². The standard InChI is InChI=1S/C18H22O3/c1-4-12-18(19,14-8-6-5-7-9-14)15-10-11-16(20-2)17(13-15)21-3/h5-11,13,19H,4,12H2,1-3H3. The molecule has 0 spiro atoms. The number of ether oxygens (including phenoxy) is 2. The van der Waals surface area contributed by atoms with E-state index in [4.69, 9.17) is 9.47 Å². The van der Waals surface area contributed by atoms with Crippen molar-refractivity contribution in [1.29, 1.82) is 0 Å². The van der Waals surface area contributed by atoms with Crippen molar-refractivity contribution in [3.8, 4) is 11.5 Å². The highest BCUT2D eigenvalue weighted by atomic mass is 16.5. The summed E-state index contributed by atoms with van der Waals surface area (Å²) in [5.41, 5.74) is 0.683. The Kier molecular flexibility index (Phi) is 4.86. The van der Waals surface area contributed by atoms with Crippen molar-refractivity contribution in [3.05, 3.63) is 59.7 Å². The highest BCUT2D eigenvalue weighted by Crippen LogP contribution is 2.38. The topological polar surface area (TPSA) is 38.7 Å². The second-order valence-electron chi connectivity index (χ2n) is 5.05. The van der Waals surface area contributed by atoms with E-state index in [1.165, 1.54) is 0 Å². The Labute approximate surface area is 126 Å². The zero-order chi connectivity index (χ0) is 15.3. The Balaban J connectivity index is 2.52. The van der Waals surface area contributed by atoms with Gasteiger partial charge in [0.1, 0.15) is 5.60 Å². The van der Waals surface area contributed by atoms with Gasteiger partial charge in [0, 0.05) is 0 Å². The molecule has 0 aliphatic heterocycles. The second-order valence-corrected chi connectivity index (χ2v) is 5.05. The maximum absolute atomic E-state index is 11.2. The molecule has 3 nitrogen and oxygen atoms in total. The quantitative estimate of drug-likeness (QED) is 0.879. The molecule has 0 heterocycles. The van der Waals surface area contributed by atoms with Gasteiger partial charge in [0.2, 0.25) is 0 Å². The van der Waals surface area contributed by atoms with E-state index in [-0.39, 0.29) is 0 Å². The molecule has 0 radical (unpaired) electrons. The van der Waals surface area contributed by atoms with E-state index in [9.17, 15) is 5.11 Å². The van der Waals surface area contributed by atoms with Gasteiger partial charge in [0.25, 0.3) is 0 Å². The SMILES string of the molecule is CCCC(O)(c1ccccc1)c1ccc(OC)c(OC)c1. The number of hydrogen-bond acceptors (Lipinski definition) is 3. The maximum Gasteiger partial charge on any atom is 0.161 e. The fraction of sp³-hybridized carbons (Fsp3) is 0.333. The number of benzene rings is 2. The largest absolute Gasteiger partial charge is 0.493 e. The first-order valence-corrected chi connectivity index (χ1v) is 7.16. The summed E-state index contributed by atoms with van der Waals surface area (Å²) in [5.74, 6) is 1.29. The second kappa shape index (κ2) is 6.64. The van der Waals surface area contributed by atoms with Crippen LogP contribution in [0.25, 0.3) is 0 Å². The molecule has 1 N–H and O–H groups in total. The lowest BCUT2D eigenvalue weighted by Gasteiger charge is -2.29. The van der Waals surface area contributed by atoms with Gasteiger partial charge in [-0.05, 0) is 29.7 Å². The van der Waals surface area contributed by atoms with Crippen molar-refractivity contribution >= 4 is 0 Å². The zero-order valence-corrected chi connectivity index (χ0v) is 12.8. The van der Waals surface area contributed by atoms with Crippen molar-refractivity contribution in [2.24, 2.45) is 0 Å². The number of hydrogen-bond donors (Lipinski definition) is 1. The van der Waals surface area contributed by atoms with Gasteiger partial charge in [-0.15, -0.1) is 0 Å². The average Bonchev–Trinajstić information content (AvgIpc) is 2.55. The van der Waals surface area contributed by atoms with E-state index in [2.05, 4.69) is 6.92 Å². The van der Waals surface area contributed by atoms with Gasteiger partial charge >= 0.3 is 0 Å². The molecule has 112 valence electrons. The molecule has 0 amide bonds. The van der Waals surface area contributed by atoms with E-state index in [0.717, 1.165) is 17.5 Å². The first-order valence-electron chi connectivity index (χ1n) is 7.16. The first-order chi connectivity index (χ1) is 10.2. The van der Waals surface area contributed by atoms with Gasteiger partial charge in [0.05, 0.1) is 14.2 Å². The van der Waals surface area contributed by atoms with Crippen LogP contribution in [0.1, 0.15) is 30.9 Å². The minimum atomic E-state index is -1.02. The van der Waals surface area contributed by atoms with Crippen LogP contribution in [0, 0.1) is 0 Å². The Bertz CT molecular complexity index is 580. The van der Waals surface area contributed by atoms with Gasteiger partial charge in [-0.3, -0.25) is 0 Å². The summed E-state index contributed by atoms with van der Waals surface area (Å²) < 4.78 is 10.6. The van der Waals surface area contributed by atoms with Crippen LogP contribution in [0.4, 0.5) is 0 Å². The molecule has 0 saturated heterocycles. The van der Waals surface area contributed by atoms with Crippen LogP contribution in [0.5, 0.6) is 11.5 Å². The third-order valence-corrected chi connectivity index (χ3v) is 3.72. The predicted molar refractivity (Wildman–Crippen MR) is 83.9 cm³/mol. The normalized spacial score (nSPS) is 13.5. The van der Waals surface area contributed by atoms with Crippen LogP contribution in [0.3, 0.4) is 0 Å². The molecule has 1 unspecified atom stereocenters. The summed E-state index contributed by atoms with van der Waals surface area (Å²) in [4.78, 5) is 0. The van der Waals surface area contributed by atoms with Gasteiger partial charge in [-0.25, -0.2) is 0 Å². The Morgan fingerprint density at radius 2 is 1.57 bits per heavy atom. The highest BCUT2D eigenvalue weighted by molar-refractivity contribution is 5.47. The van der Waals surface area contributed by atoms with E-state index >= 15 is 0 Å². The van der Waals surface area contributed by atoms with Crippen LogP contribution < -0.4 is 9.47 Å². The minimum absolute atomic E-state index is 0.625. The van der Waals surface area contributed by atoms with E-state index in [0.29, 0.717) is 17.9 Å². The molecular formula is C18H22O3. The van der Waals surface area contributed by atoms with Crippen LogP contribution in [0.2, 0.25) is 0 Å². The van der Waals surface area contributed by atoms with Gasteiger partial charge in [-0.1, -0.05) is 49.7 Å². The molecule has 3 heteroatoms. The van der Waals surface area contributed by atoms with Crippen molar-refractivity contribution in [2.45, 2.75) is 25.4 Å². The molecule has 21 heavy (non-hydrogen) atoms. The van der Waals surface area contributed by atoms with Crippen molar-refractivity contribution in [1.82, 2.24) is 0 Å². The molecule has 2 aromatic rings. The van der Waals surface area contributed by atoms with Crippen LogP contribution in [0.15, 0.2) is 48.5 Å². The third-order valence-electron chi connectivity index (χ3n) is 3.72. The summed E-state index contributed by atoms with van der Waals surface area (Å²) >= 11 is 0. The van der Waals surface area contributed by atoms with Crippen molar-refractivity contribution < 1.29 is 14.6 Å². The highest BCUT2D eigenvalue weighted by Gasteiger charge is 2.31. The van der Waals surface area contributed by atoms with E-state index in [1.54, 1.807) is 14.2 Å². The summed E-state index contributed by atoms with van der Waals surface area (Å²) in [6.45, 7) is 2.06. The summed E-state index contributed by atoms with van der Waals surface area (Å²) in [7, 11) is 3.20. The minimum Gasteiger partial charge on any atom is -0.493 e. The molecule has 0 aromatic heterocycles. The Morgan fingerprint density at radius 1 is 0.905 bits per heavy atom. The fourth-order valence-corrected chi connectivity index (χ4v) is 2.62. The lowest BCUT2D eigenvalue weighted by molar-refractivity contribution is 0.0698. The monoisotopic (exact) mass is 286 g/mol. The third kappa shape index (κ3) is 3.03. The Hall–Kier alpha value is -2.00. The van der Waals surface area contributed by atoms with Gasteiger partial charge in [0.15, 0.2) is 11.5 Å². The van der Waals surface area contributed by atoms with Crippen molar-refractivity contribution in [2.75, 3.05) is 14.2 Å². The summed E-state index contributed by atoms with van der Waals surface area (Å²) in [6, 6.07) is 15.3. The Morgan fingerprint density at radius 3 is 2.14 bits per heavy atom. The molecule has 0 saturated carbocycles. The van der Waals surface area contributed by atoms with Crippen LogP contribution in [-0.4, -0.2) is 19.3 Å². The van der Waals surface area contributed by atoms with Gasteiger partial charge in [-0.2, -0.15) is 0 Å². The lowest BCUT2D eigenvalue weighted by Crippen LogP contribution is -2.27. The zero-order valence-electron chi connectivity index (χ0n) is 12.8. The molecule has 0 aliphatic rings. The molecule has 1 atom stereocenters. The fourth-order valence-electron chi connectivity index (χ4n) is 2.62. The molecule has 0 aliphatic carbocycles. The number of aliphatic hydroxyl groups is 1. The van der Waals surface area contributed by atoms with Crippen LogP contribution in [-0.2, 0) is 5.60 Å². The molecule has 0 fully saturated rings. The number of rotatable bonds is 6. The summed E-state index contributed by atoms with van der Waals surface area (Å²) in [5, 5.41) is 11.2. The lowest BCUT2D eigenvalue weighted by atomic mass is 9.82. The average molecular weight is 286 g/mol. The van der Waals surface area contributed by atoms with E-state index in [1.807, 2.05) is 48.5 Å². The first kappa shape index (κ1) is 15.4. The molecule has 0 bridgehead atoms. The predicted octanol–water partition coefficient (Wildman–Crippen LogP) is 3.74. The molecule has 2 rings (SSSR count). The van der Waals surface area contributed by atoms with Crippen molar-refractivity contribution in [3.63, 3.8) is 0 Å². The van der Waals surface area contributed by atoms with E-state index < -0.39 is 5.60 Å². The maximum atomic E-state index is 11.2. The molecule has 2 aromatic carbocycles.